The van der Waals surface area contributed by atoms with Crippen LogP contribution < -0.4 is 0 Å². The predicted molar refractivity (Wildman–Crippen MR) is 39.4 cm³/mol. The highest BCUT2D eigenvalue weighted by Crippen LogP contribution is 2.00. The van der Waals surface area contributed by atoms with Gasteiger partial charge in [0, 0.05) is 18.4 Å². The molecule has 1 rings (SSSR count). The third-order valence-corrected chi connectivity index (χ3v) is 1.51. The van der Waals surface area contributed by atoms with Crippen LogP contribution in [0.25, 0.3) is 0 Å². The summed E-state index contributed by atoms with van der Waals surface area (Å²) in [6, 6.07) is 0. The van der Waals surface area contributed by atoms with Crippen LogP contribution in [0.2, 0.25) is 0 Å². The highest BCUT2D eigenvalue weighted by atomic mass is 16.3. The van der Waals surface area contributed by atoms with E-state index in [1.807, 2.05) is 6.92 Å². The summed E-state index contributed by atoms with van der Waals surface area (Å²) < 4.78 is 1.67. The van der Waals surface area contributed by atoms with E-state index in [-0.39, 0.29) is 6.61 Å². The van der Waals surface area contributed by atoms with Crippen molar-refractivity contribution in [3.63, 3.8) is 0 Å². The van der Waals surface area contributed by atoms with Gasteiger partial charge in [-0.3, -0.25) is 4.79 Å². The Labute approximate surface area is 64.5 Å². The maximum atomic E-state index is 10.4. The number of nitrogens with zero attached hydrogens (tertiary/aromatic N) is 2. The van der Waals surface area contributed by atoms with E-state index >= 15 is 0 Å². The quantitative estimate of drug-likeness (QED) is 0.623. The van der Waals surface area contributed by atoms with Crippen LogP contribution in [-0.2, 0) is 6.54 Å². The Morgan fingerprint density at radius 3 is 3.09 bits per heavy atom. The van der Waals surface area contributed by atoms with Gasteiger partial charge in [-0.1, -0.05) is 0 Å². The second-order valence-corrected chi connectivity index (χ2v) is 2.25. The van der Waals surface area contributed by atoms with Gasteiger partial charge in [0.2, 0.25) is 0 Å². The van der Waals surface area contributed by atoms with Crippen LogP contribution in [0, 0.1) is 6.92 Å². The fourth-order valence-electron chi connectivity index (χ4n) is 0.965. The van der Waals surface area contributed by atoms with Crippen molar-refractivity contribution in [2.24, 2.45) is 0 Å². The number of rotatable bonds is 3. The second-order valence-electron chi connectivity index (χ2n) is 2.25. The van der Waals surface area contributed by atoms with Crippen molar-refractivity contribution in [3.05, 3.63) is 17.7 Å². The Kier molecular flexibility index (Phi) is 2.38. The molecule has 1 N–H and O–H groups in total. The molecule has 0 aromatic carbocycles. The molecule has 0 aliphatic heterocycles. The van der Waals surface area contributed by atoms with Crippen molar-refractivity contribution in [1.29, 1.82) is 0 Å². The van der Waals surface area contributed by atoms with Gasteiger partial charge in [-0.15, -0.1) is 0 Å². The van der Waals surface area contributed by atoms with Crippen LogP contribution in [-0.4, -0.2) is 27.6 Å². The van der Waals surface area contributed by atoms with Gasteiger partial charge < -0.3 is 9.67 Å². The van der Waals surface area contributed by atoms with Gasteiger partial charge in [-0.2, -0.15) is 0 Å². The highest BCUT2D eigenvalue weighted by molar-refractivity contribution is 5.69. The van der Waals surface area contributed by atoms with Crippen LogP contribution in [0.4, 0.5) is 0 Å². The number of carbonyl (C=O) groups is 1. The first kappa shape index (κ1) is 7.94. The van der Waals surface area contributed by atoms with E-state index < -0.39 is 0 Å². The maximum Gasteiger partial charge on any atom is 0.185 e. The number of aliphatic hydroxyl groups excluding tert-OH is 1. The topological polar surface area (TPSA) is 55.1 Å². The standard InChI is InChI=1S/C7H10N2O2/c1-6-4-8-7(5-11)9(6)2-3-10/h4-5,10H,2-3H2,1H3. The number of aromatic nitrogens is 2. The Hall–Kier alpha value is -1.16. The Morgan fingerprint density at radius 1 is 1.82 bits per heavy atom. The third-order valence-electron chi connectivity index (χ3n) is 1.51. The summed E-state index contributed by atoms with van der Waals surface area (Å²) in [7, 11) is 0. The minimum Gasteiger partial charge on any atom is -0.395 e. The third kappa shape index (κ3) is 1.46. The zero-order valence-corrected chi connectivity index (χ0v) is 6.32. The van der Waals surface area contributed by atoms with E-state index in [1.54, 1.807) is 10.8 Å². The molecular weight excluding hydrogens is 144 g/mol. The van der Waals surface area contributed by atoms with Gasteiger partial charge in [-0.25, -0.2) is 4.98 Å². The number of aryl methyl sites for hydroxylation is 1. The second kappa shape index (κ2) is 3.30. The van der Waals surface area contributed by atoms with Crippen LogP contribution in [0.5, 0.6) is 0 Å². The van der Waals surface area contributed by atoms with Crippen molar-refractivity contribution < 1.29 is 9.90 Å². The van der Waals surface area contributed by atoms with Crippen molar-refractivity contribution in [3.8, 4) is 0 Å². The molecule has 0 unspecified atom stereocenters. The molecule has 0 aliphatic carbocycles. The summed E-state index contributed by atoms with van der Waals surface area (Å²) in [5.41, 5.74) is 0.890. The molecule has 0 amide bonds. The molecule has 0 radical (unpaired) electrons. The molecule has 0 aliphatic rings. The zero-order valence-electron chi connectivity index (χ0n) is 6.32. The van der Waals surface area contributed by atoms with E-state index in [0.29, 0.717) is 18.7 Å². The lowest BCUT2D eigenvalue weighted by atomic mass is 10.5. The highest BCUT2D eigenvalue weighted by Gasteiger charge is 2.03. The summed E-state index contributed by atoms with van der Waals surface area (Å²) in [5.74, 6) is 0.372. The smallest absolute Gasteiger partial charge is 0.185 e. The van der Waals surface area contributed by atoms with Gasteiger partial charge in [-0.05, 0) is 6.92 Å². The Morgan fingerprint density at radius 2 is 2.55 bits per heavy atom. The molecule has 4 heteroatoms. The number of imidazole rings is 1. The summed E-state index contributed by atoms with van der Waals surface area (Å²) >= 11 is 0. The lowest BCUT2D eigenvalue weighted by Crippen LogP contribution is -2.07. The van der Waals surface area contributed by atoms with E-state index in [9.17, 15) is 4.79 Å². The van der Waals surface area contributed by atoms with Gasteiger partial charge in [0.15, 0.2) is 12.1 Å². The summed E-state index contributed by atoms with van der Waals surface area (Å²) in [4.78, 5) is 14.2. The molecule has 0 atom stereocenters. The monoisotopic (exact) mass is 154 g/mol. The fraction of sp³-hybridized carbons (Fsp3) is 0.429. The Balaban J connectivity index is 2.97. The first-order valence-electron chi connectivity index (χ1n) is 3.37. The van der Waals surface area contributed by atoms with Gasteiger partial charge in [0.05, 0.1) is 6.61 Å². The summed E-state index contributed by atoms with van der Waals surface area (Å²) in [5, 5.41) is 8.62. The van der Waals surface area contributed by atoms with Gasteiger partial charge in [0.25, 0.3) is 0 Å². The summed E-state index contributed by atoms with van der Waals surface area (Å²) in [6.45, 7) is 2.30. The van der Waals surface area contributed by atoms with Crippen molar-refractivity contribution in [2.75, 3.05) is 6.61 Å². The number of aliphatic hydroxyl groups is 1. The van der Waals surface area contributed by atoms with Crippen molar-refractivity contribution in [1.82, 2.24) is 9.55 Å². The predicted octanol–water partition coefficient (Wildman–Crippen LogP) is -0.00368. The Bertz CT molecular complexity index is 255. The molecule has 11 heavy (non-hydrogen) atoms. The minimum absolute atomic E-state index is 0.0258. The number of aldehydes is 1. The molecule has 1 aromatic heterocycles. The minimum atomic E-state index is 0.0258. The van der Waals surface area contributed by atoms with E-state index in [2.05, 4.69) is 4.98 Å². The first-order valence-corrected chi connectivity index (χ1v) is 3.37. The van der Waals surface area contributed by atoms with E-state index in [1.165, 1.54) is 0 Å². The van der Waals surface area contributed by atoms with Crippen LogP contribution in [0.15, 0.2) is 6.20 Å². The number of hydrogen-bond donors (Lipinski definition) is 1. The van der Waals surface area contributed by atoms with Gasteiger partial charge >= 0.3 is 0 Å². The summed E-state index contributed by atoms with van der Waals surface area (Å²) in [6.07, 6.45) is 2.29. The normalized spacial score (nSPS) is 10.0. The molecule has 4 nitrogen and oxygen atoms in total. The van der Waals surface area contributed by atoms with Crippen molar-refractivity contribution >= 4 is 6.29 Å². The van der Waals surface area contributed by atoms with Crippen LogP contribution >= 0.6 is 0 Å². The van der Waals surface area contributed by atoms with E-state index in [4.69, 9.17) is 5.11 Å². The average molecular weight is 154 g/mol. The maximum absolute atomic E-state index is 10.4. The fourth-order valence-corrected chi connectivity index (χ4v) is 0.965. The first-order chi connectivity index (χ1) is 5.29. The van der Waals surface area contributed by atoms with Gasteiger partial charge in [0.1, 0.15) is 0 Å². The molecule has 0 bridgehead atoms. The van der Waals surface area contributed by atoms with E-state index in [0.717, 1.165) is 5.69 Å². The lowest BCUT2D eigenvalue weighted by molar-refractivity contribution is 0.110. The molecular formula is C7H10N2O2. The van der Waals surface area contributed by atoms with Crippen molar-refractivity contribution in [2.45, 2.75) is 13.5 Å². The molecule has 0 fully saturated rings. The number of carbonyl (C=O) groups excluding carboxylic acids is 1. The molecule has 0 spiro atoms. The molecule has 1 heterocycles. The molecule has 0 saturated carbocycles. The average Bonchev–Trinajstić information content (AvgIpc) is 2.34. The molecule has 1 aromatic rings. The SMILES string of the molecule is Cc1cnc(C=O)n1CCO. The lowest BCUT2D eigenvalue weighted by Gasteiger charge is -2.02. The van der Waals surface area contributed by atoms with Crippen LogP contribution in [0.1, 0.15) is 16.3 Å². The molecule has 0 saturated heterocycles. The number of hydrogen-bond acceptors (Lipinski definition) is 3. The van der Waals surface area contributed by atoms with Crippen LogP contribution in [0.3, 0.4) is 0 Å². The largest absolute Gasteiger partial charge is 0.395 e. The molecule has 60 valence electrons. The zero-order chi connectivity index (χ0) is 8.27.